The van der Waals surface area contributed by atoms with Gasteiger partial charge in [-0.3, -0.25) is 4.79 Å². The van der Waals surface area contributed by atoms with Crippen molar-refractivity contribution in [1.82, 2.24) is 15.5 Å². The minimum Gasteiger partial charge on any atom is -0.334 e. The molecule has 72 valence electrons. The molecule has 13 heavy (non-hydrogen) atoms. The highest BCUT2D eigenvalue weighted by Crippen LogP contribution is 2.02. The Hall–Kier alpha value is -1.52. The van der Waals surface area contributed by atoms with Crippen molar-refractivity contribution in [3.05, 3.63) is 12.2 Å². The van der Waals surface area contributed by atoms with Crippen molar-refractivity contribution in [3.63, 3.8) is 0 Å². The monoisotopic (exact) mass is 183 g/mol. The average Bonchev–Trinajstić information content (AvgIpc) is 2.49. The maximum atomic E-state index is 11.4. The van der Waals surface area contributed by atoms with Crippen molar-refractivity contribution in [3.8, 4) is 0 Å². The van der Waals surface area contributed by atoms with E-state index in [0.717, 1.165) is 0 Å². The summed E-state index contributed by atoms with van der Waals surface area (Å²) < 4.78 is 0. The van der Waals surface area contributed by atoms with E-state index >= 15 is 0 Å². The van der Waals surface area contributed by atoms with E-state index in [9.17, 15) is 9.59 Å². The molecule has 1 fully saturated rings. The Morgan fingerprint density at radius 2 is 2.31 bits per heavy atom. The van der Waals surface area contributed by atoms with E-state index in [1.807, 2.05) is 0 Å². The van der Waals surface area contributed by atoms with Crippen molar-refractivity contribution < 1.29 is 9.59 Å². The number of carbonyl (C=O) groups is 2. The van der Waals surface area contributed by atoms with Gasteiger partial charge < -0.3 is 15.5 Å². The second-order valence-corrected chi connectivity index (χ2v) is 3.07. The number of nitrogens with one attached hydrogen (secondary N) is 2. The zero-order valence-electron chi connectivity index (χ0n) is 7.76. The van der Waals surface area contributed by atoms with Crippen LogP contribution in [0.4, 0.5) is 4.79 Å². The molecule has 1 heterocycles. The average molecular weight is 183 g/mol. The molecule has 1 saturated heterocycles. The van der Waals surface area contributed by atoms with Gasteiger partial charge in [-0.05, 0) is 6.92 Å². The molecule has 1 aliphatic heterocycles. The van der Waals surface area contributed by atoms with E-state index in [1.165, 1.54) is 4.90 Å². The highest BCUT2D eigenvalue weighted by atomic mass is 16.2. The molecular weight excluding hydrogens is 170 g/mol. The van der Waals surface area contributed by atoms with Crippen LogP contribution < -0.4 is 10.6 Å². The first-order valence-electron chi connectivity index (χ1n) is 3.99. The number of nitrogens with zero attached hydrogens (tertiary/aromatic N) is 1. The first kappa shape index (κ1) is 9.57. The van der Waals surface area contributed by atoms with E-state index in [1.54, 1.807) is 14.0 Å². The third-order valence-corrected chi connectivity index (χ3v) is 1.91. The molecule has 0 spiro atoms. The predicted molar refractivity (Wildman–Crippen MR) is 47.9 cm³/mol. The number of hydrogen-bond donors (Lipinski definition) is 2. The predicted octanol–water partition coefficient (Wildman–Crippen LogP) is -0.340. The van der Waals surface area contributed by atoms with Crippen molar-refractivity contribution in [2.75, 3.05) is 13.6 Å². The standard InChI is InChI=1S/C8H13N3O2/c1-5(2)7(12)11(3)6-4-9-8(13)10-6/h6H,1,4H2,2-3H3,(H2,9,10,13). The molecule has 5 heteroatoms. The third-order valence-electron chi connectivity index (χ3n) is 1.91. The first-order valence-corrected chi connectivity index (χ1v) is 3.99. The van der Waals surface area contributed by atoms with Gasteiger partial charge in [0.15, 0.2) is 0 Å². The van der Waals surface area contributed by atoms with Crippen molar-refractivity contribution in [1.29, 1.82) is 0 Å². The molecule has 0 aromatic heterocycles. The quantitative estimate of drug-likeness (QED) is 0.575. The normalized spacial score (nSPS) is 20.5. The van der Waals surface area contributed by atoms with Gasteiger partial charge in [-0.1, -0.05) is 6.58 Å². The Morgan fingerprint density at radius 3 is 2.69 bits per heavy atom. The van der Waals surface area contributed by atoms with E-state index in [4.69, 9.17) is 0 Å². The summed E-state index contributed by atoms with van der Waals surface area (Å²) in [5.41, 5.74) is 0.462. The van der Waals surface area contributed by atoms with Gasteiger partial charge in [0.25, 0.3) is 0 Å². The maximum absolute atomic E-state index is 11.4. The zero-order chi connectivity index (χ0) is 10.0. The fourth-order valence-electron chi connectivity index (χ4n) is 1.12. The minimum atomic E-state index is -0.267. The van der Waals surface area contributed by atoms with Crippen LogP contribution in [0.1, 0.15) is 6.92 Å². The van der Waals surface area contributed by atoms with Crippen molar-refractivity contribution >= 4 is 11.9 Å². The number of rotatable bonds is 2. The molecule has 0 bridgehead atoms. The fraction of sp³-hybridized carbons (Fsp3) is 0.500. The van der Waals surface area contributed by atoms with E-state index < -0.39 is 0 Å². The van der Waals surface area contributed by atoms with Crippen LogP contribution in [0, 0.1) is 0 Å². The maximum Gasteiger partial charge on any atom is 0.316 e. The van der Waals surface area contributed by atoms with Gasteiger partial charge in [0, 0.05) is 12.6 Å². The molecule has 1 atom stereocenters. The molecule has 0 saturated carbocycles. The molecule has 3 amide bonds. The van der Waals surface area contributed by atoms with Gasteiger partial charge in [0.1, 0.15) is 6.17 Å². The Bertz CT molecular complexity index is 262. The Balaban J connectivity index is 2.57. The summed E-state index contributed by atoms with van der Waals surface area (Å²) in [6.07, 6.45) is -0.267. The van der Waals surface area contributed by atoms with Gasteiger partial charge >= 0.3 is 6.03 Å². The highest BCUT2D eigenvalue weighted by molar-refractivity contribution is 5.92. The number of urea groups is 1. The van der Waals surface area contributed by atoms with Crippen LogP contribution in [-0.4, -0.2) is 36.6 Å². The molecular formula is C8H13N3O2. The lowest BCUT2D eigenvalue weighted by molar-refractivity contribution is -0.127. The van der Waals surface area contributed by atoms with Gasteiger partial charge in [0.2, 0.25) is 5.91 Å². The molecule has 1 rings (SSSR count). The Labute approximate surface area is 76.8 Å². The molecule has 0 aromatic rings. The SMILES string of the molecule is C=C(C)C(=O)N(C)C1CNC(=O)N1. The summed E-state index contributed by atoms with van der Waals surface area (Å²) >= 11 is 0. The van der Waals surface area contributed by atoms with E-state index in [2.05, 4.69) is 17.2 Å². The third kappa shape index (κ3) is 1.99. The van der Waals surface area contributed by atoms with Crippen molar-refractivity contribution in [2.45, 2.75) is 13.1 Å². The molecule has 2 N–H and O–H groups in total. The lowest BCUT2D eigenvalue weighted by Crippen LogP contribution is -2.45. The molecule has 5 nitrogen and oxygen atoms in total. The summed E-state index contributed by atoms with van der Waals surface area (Å²) in [6.45, 7) is 5.62. The summed E-state index contributed by atoms with van der Waals surface area (Å²) in [7, 11) is 1.63. The minimum absolute atomic E-state index is 0.158. The van der Waals surface area contributed by atoms with Gasteiger partial charge in [-0.2, -0.15) is 0 Å². The first-order chi connectivity index (χ1) is 6.02. The lowest BCUT2D eigenvalue weighted by atomic mass is 10.3. The van der Waals surface area contributed by atoms with Crippen LogP contribution in [0.5, 0.6) is 0 Å². The number of likely N-dealkylation sites (N-methyl/N-ethyl adjacent to an activating group) is 1. The van der Waals surface area contributed by atoms with Crippen LogP contribution in [0.15, 0.2) is 12.2 Å². The topological polar surface area (TPSA) is 61.4 Å². The van der Waals surface area contributed by atoms with Crippen LogP contribution in [0.2, 0.25) is 0 Å². The Kier molecular flexibility index (Phi) is 2.55. The molecule has 1 unspecified atom stereocenters. The van der Waals surface area contributed by atoms with E-state index in [-0.39, 0.29) is 18.1 Å². The van der Waals surface area contributed by atoms with Crippen LogP contribution in [0.3, 0.4) is 0 Å². The Morgan fingerprint density at radius 1 is 1.69 bits per heavy atom. The number of carbonyl (C=O) groups excluding carboxylic acids is 2. The number of hydrogen-bond acceptors (Lipinski definition) is 2. The zero-order valence-corrected chi connectivity index (χ0v) is 7.76. The van der Waals surface area contributed by atoms with Gasteiger partial charge in [0.05, 0.1) is 6.54 Å². The molecule has 1 aliphatic rings. The van der Waals surface area contributed by atoms with Gasteiger partial charge in [-0.25, -0.2) is 4.79 Å². The van der Waals surface area contributed by atoms with Crippen LogP contribution >= 0.6 is 0 Å². The summed E-state index contributed by atoms with van der Waals surface area (Å²) in [6, 6.07) is -0.244. The largest absolute Gasteiger partial charge is 0.334 e. The summed E-state index contributed by atoms with van der Waals surface area (Å²) in [5.74, 6) is -0.158. The second-order valence-electron chi connectivity index (χ2n) is 3.07. The highest BCUT2D eigenvalue weighted by Gasteiger charge is 2.26. The fourth-order valence-corrected chi connectivity index (χ4v) is 1.12. The van der Waals surface area contributed by atoms with Crippen LogP contribution in [-0.2, 0) is 4.79 Å². The van der Waals surface area contributed by atoms with Gasteiger partial charge in [-0.15, -0.1) is 0 Å². The smallest absolute Gasteiger partial charge is 0.316 e. The number of amides is 3. The van der Waals surface area contributed by atoms with E-state index in [0.29, 0.717) is 12.1 Å². The second kappa shape index (κ2) is 3.47. The van der Waals surface area contributed by atoms with Crippen LogP contribution in [0.25, 0.3) is 0 Å². The summed E-state index contributed by atoms with van der Waals surface area (Å²) in [5, 5.41) is 5.17. The molecule has 0 aromatic carbocycles. The molecule has 0 aliphatic carbocycles. The summed E-state index contributed by atoms with van der Waals surface area (Å²) in [4.78, 5) is 23.6. The lowest BCUT2D eigenvalue weighted by Gasteiger charge is -2.23. The van der Waals surface area contributed by atoms with Crippen molar-refractivity contribution in [2.24, 2.45) is 0 Å². The molecule has 0 radical (unpaired) electrons.